The Kier molecular flexibility index (Phi) is 10.7. The number of aliphatic hydroxyl groups is 1. The van der Waals surface area contributed by atoms with Gasteiger partial charge in [-0.25, -0.2) is 4.79 Å². The molecule has 0 spiro atoms. The van der Waals surface area contributed by atoms with Crippen molar-refractivity contribution in [1.82, 2.24) is 16.0 Å². The zero-order valence-corrected chi connectivity index (χ0v) is 17.4. The van der Waals surface area contributed by atoms with Crippen molar-refractivity contribution in [2.75, 3.05) is 0 Å². The molecule has 5 atom stereocenters. The summed E-state index contributed by atoms with van der Waals surface area (Å²) in [5.41, 5.74) is 5.52. The molecule has 0 aromatic carbocycles. The molecule has 3 amide bonds. The molecule has 28 heavy (non-hydrogen) atoms. The third-order valence-corrected chi connectivity index (χ3v) is 4.05. The molecule has 0 aliphatic heterocycles. The Balaban J connectivity index is 5.35. The Morgan fingerprint density at radius 1 is 0.821 bits per heavy atom. The molecule has 0 aromatic heterocycles. The van der Waals surface area contributed by atoms with Crippen LogP contribution in [0.2, 0.25) is 0 Å². The number of hydrogen-bond donors (Lipinski definition) is 6. The van der Waals surface area contributed by atoms with E-state index in [1.807, 2.05) is 13.8 Å². The van der Waals surface area contributed by atoms with Crippen LogP contribution in [0.25, 0.3) is 0 Å². The number of aliphatic hydroxyl groups excluding tert-OH is 1. The smallest absolute Gasteiger partial charge is 0.326 e. The first-order valence-electron chi connectivity index (χ1n) is 9.35. The van der Waals surface area contributed by atoms with Crippen molar-refractivity contribution in [1.29, 1.82) is 0 Å². The van der Waals surface area contributed by atoms with Crippen molar-refractivity contribution in [2.24, 2.45) is 17.6 Å². The van der Waals surface area contributed by atoms with Crippen LogP contribution >= 0.6 is 0 Å². The summed E-state index contributed by atoms with van der Waals surface area (Å²) >= 11 is 0. The van der Waals surface area contributed by atoms with E-state index in [4.69, 9.17) is 5.73 Å². The third kappa shape index (κ3) is 8.66. The second kappa shape index (κ2) is 11.6. The number of carboxylic acid groups (broad SMARTS) is 1. The molecule has 0 rings (SSSR count). The molecule has 10 nitrogen and oxygen atoms in total. The highest BCUT2D eigenvalue weighted by Gasteiger charge is 2.33. The summed E-state index contributed by atoms with van der Waals surface area (Å²) in [5.74, 6) is -3.58. The highest BCUT2D eigenvalue weighted by molar-refractivity contribution is 5.94. The van der Waals surface area contributed by atoms with Crippen LogP contribution in [-0.4, -0.2) is 64.2 Å². The van der Waals surface area contributed by atoms with Crippen LogP contribution in [0.1, 0.15) is 48.0 Å². The van der Waals surface area contributed by atoms with Gasteiger partial charge in [-0.15, -0.1) is 0 Å². The molecule has 162 valence electrons. The van der Waals surface area contributed by atoms with E-state index in [1.54, 1.807) is 13.8 Å². The summed E-state index contributed by atoms with van der Waals surface area (Å²) in [7, 11) is 0. The van der Waals surface area contributed by atoms with E-state index in [1.165, 1.54) is 13.8 Å². The topological polar surface area (TPSA) is 171 Å². The van der Waals surface area contributed by atoms with Gasteiger partial charge in [-0.05, 0) is 32.1 Å². The fourth-order valence-corrected chi connectivity index (χ4v) is 2.42. The maximum Gasteiger partial charge on any atom is 0.326 e. The zero-order valence-electron chi connectivity index (χ0n) is 17.4. The van der Waals surface area contributed by atoms with Gasteiger partial charge in [0, 0.05) is 0 Å². The lowest BCUT2D eigenvalue weighted by molar-refractivity contribution is -0.144. The van der Waals surface area contributed by atoms with Gasteiger partial charge in [0.2, 0.25) is 17.7 Å². The van der Waals surface area contributed by atoms with Crippen molar-refractivity contribution < 1.29 is 29.4 Å². The molecule has 10 heteroatoms. The van der Waals surface area contributed by atoms with Gasteiger partial charge in [0.1, 0.15) is 18.1 Å². The monoisotopic (exact) mass is 402 g/mol. The predicted octanol–water partition coefficient (Wildman–Crippen LogP) is -1.04. The molecule has 0 radical (unpaired) electrons. The molecule has 0 saturated carbocycles. The van der Waals surface area contributed by atoms with E-state index in [0.29, 0.717) is 6.42 Å². The summed E-state index contributed by atoms with van der Waals surface area (Å²) in [5, 5.41) is 26.4. The second-order valence-corrected chi connectivity index (χ2v) is 7.77. The van der Waals surface area contributed by atoms with Gasteiger partial charge in [0.15, 0.2) is 0 Å². The number of carbonyl (C=O) groups is 4. The molecular weight excluding hydrogens is 368 g/mol. The minimum atomic E-state index is -1.38. The fraction of sp³-hybridized carbons (Fsp3) is 0.778. The Labute approximate surface area is 165 Å². The summed E-state index contributed by atoms with van der Waals surface area (Å²) in [4.78, 5) is 48.3. The number of hydrogen-bond acceptors (Lipinski definition) is 6. The van der Waals surface area contributed by atoms with Crippen LogP contribution in [0.3, 0.4) is 0 Å². The third-order valence-electron chi connectivity index (χ3n) is 4.05. The number of nitrogens with one attached hydrogen (secondary N) is 3. The van der Waals surface area contributed by atoms with E-state index in [2.05, 4.69) is 16.0 Å². The number of rotatable bonds is 11. The highest BCUT2D eigenvalue weighted by atomic mass is 16.4. The van der Waals surface area contributed by atoms with E-state index in [9.17, 15) is 29.4 Å². The molecule has 0 fully saturated rings. The molecule has 0 bridgehead atoms. The molecule has 0 heterocycles. The summed E-state index contributed by atoms with van der Waals surface area (Å²) in [6.45, 7) is 9.74. The van der Waals surface area contributed by atoms with Gasteiger partial charge in [-0.3, -0.25) is 14.4 Å². The Bertz CT molecular complexity index is 562. The quantitative estimate of drug-likeness (QED) is 0.256. The van der Waals surface area contributed by atoms with Gasteiger partial charge < -0.3 is 31.9 Å². The first-order valence-corrected chi connectivity index (χ1v) is 9.35. The standard InChI is InChI=1S/C18H34N4O6/c1-8(2)7-12(20-15(24)10(5)19)16(25)22-14(11(6)23)17(26)21-13(9(3)4)18(27)28/h8-14,23H,7,19H2,1-6H3,(H,20,24)(H,21,26)(H,22,25)(H,27,28). The first kappa shape index (κ1) is 25.8. The summed E-state index contributed by atoms with van der Waals surface area (Å²) in [6, 6.07) is -4.32. The van der Waals surface area contributed by atoms with Gasteiger partial charge in [-0.1, -0.05) is 27.7 Å². The lowest BCUT2D eigenvalue weighted by Crippen LogP contribution is -2.60. The number of carboxylic acids is 1. The van der Waals surface area contributed by atoms with Crippen LogP contribution in [0, 0.1) is 11.8 Å². The number of carbonyl (C=O) groups excluding carboxylic acids is 3. The lowest BCUT2D eigenvalue weighted by atomic mass is 10.0. The molecule has 0 aromatic rings. The van der Waals surface area contributed by atoms with Gasteiger partial charge in [0.05, 0.1) is 12.1 Å². The van der Waals surface area contributed by atoms with E-state index in [0.717, 1.165) is 0 Å². The van der Waals surface area contributed by atoms with Crippen LogP contribution in [0.5, 0.6) is 0 Å². The minimum absolute atomic E-state index is 0.0558. The highest BCUT2D eigenvalue weighted by Crippen LogP contribution is 2.08. The maximum absolute atomic E-state index is 12.6. The van der Waals surface area contributed by atoms with Crippen molar-refractivity contribution in [3.05, 3.63) is 0 Å². The zero-order chi connectivity index (χ0) is 22.2. The van der Waals surface area contributed by atoms with Gasteiger partial charge in [0.25, 0.3) is 0 Å². The van der Waals surface area contributed by atoms with Crippen LogP contribution in [0.15, 0.2) is 0 Å². The maximum atomic E-state index is 12.6. The Hall–Kier alpha value is -2.20. The largest absolute Gasteiger partial charge is 0.480 e. The second-order valence-electron chi connectivity index (χ2n) is 7.77. The molecule has 7 N–H and O–H groups in total. The van der Waals surface area contributed by atoms with Crippen LogP contribution in [-0.2, 0) is 19.2 Å². The van der Waals surface area contributed by atoms with E-state index >= 15 is 0 Å². The molecule has 0 aliphatic rings. The molecule has 0 saturated heterocycles. The fourth-order valence-electron chi connectivity index (χ4n) is 2.42. The Morgan fingerprint density at radius 3 is 1.68 bits per heavy atom. The van der Waals surface area contributed by atoms with Crippen molar-refractivity contribution in [3.63, 3.8) is 0 Å². The van der Waals surface area contributed by atoms with Gasteiger partial charge >= 0.3 is 5.97 Å². The number of amides is 3. The lowest BCUT2D eigenvalue weighted by Gasteiger charge is -2.27. The summed E-state index contributed by atoms with van der Waals surface area (Å²) in [6.07, 6.45) is -0.989. The normalized spacial score (nSPS) is 16.6. The minimum Gasteiger partial charge on any atom is -0.480 e. The molecular formula is C18H34N4O6. The van der Waals surface area contributed by atoms with E-state index in [-0.39, 0.29) is 5.92 Å². The van der Waals surface area contributed by atoms with E-state index < -0.39 is 59.9 Å². The average molecular weight is 402 g/mol. The van der Waals surface area contributed by atoms with Crippen molar-refractivity contribution in [2.45, 2.75) is 78.2 Å². The van der Waals surface area contributed by atoms with Crippen LogP contribution in [0.4, 0.5) is 0 Å². The molecule has 0 aliphatic carbocycles. The SMILES string of the molecule is CC(C)CC(NC(=O)C(C)N)C(=O)NC(C(=O)NC(C(=O)O)C(C)C)C(C)O. The molecule has 5 unspecified atom stereocenters. The van der Waals surface area contributed by atoms with Crippen molar-refractivity contribution in [3.8, 4) is 0 Å². The van der Waals surface area contributed by atoms with Gasteiger partial charge in [-0.2, -0.15) is 0 Å². The average Bonchev–Trinajstić information content (AvgIpc) is 2.54. The van der Waals surface area contributed by atoms with Crippen molar-refractivity contribution >= 4 is 23.7 Å². The Morgan fingerprint density at radius 2 is 1.32 bits per heavy atom. The number of nitrogens with two attached hydrogens (primary N) is 1. The predicted molar refractivity (Wildman–Crippen MR) is 103 cm³/mol. The van der Waals surface area contributed by atoms with Crippen LogP contribution < -0.4 is 21.7 Å². The number of aliphatic carboxylic acids is 1. The summed E-state index contributed by atoms with van der Waals surface area (Å²) < 4.78 is 0. The first-order chi connectivity index (χ1) is 12.8.